The Hall–Kier alpha value is -0.390. The minimum absolute atomic E-state index is 0.0853. The van der Waals surface area contributed by atoms with Gasteiger partial charge in [0.15, 0.2) is 0 Å². The first-order chi connectivity index (χ1) is 8.72. The number of hydrogen-bond donors (Lipinski definition) is 1. The van der Waals surface area contributed by atoms with Crippen molar-refractivity contribution in [2.45, 2.75) is 37.8 Å². The number of rotatable bonds is 2. The highest BCUT2D eigenvalue weighted by atomic mass is 79.9. The largest absolute Gasteiger partial charge is 0.349 e. The number of carbonyl (C=O) groups is 1. The van der Waals surface area contributed by atoms with E-state index in [1.807, 2.05) is 12.1 Å². The summed E-state index contributed by atoms with van der Waals surface area (Å²) in [7, 11) is 0. The molecule has 3 heterocycles. The zero-order valence-electron chi connectivity index (χ0n) is 10.2. The highest BCUT2D eigenvalue weighted by molar-refractivity contribution is 9.11. The van der Waals surface area contributed by atoms with Crippen LogP contribution in [0.15, 0.2) is 15.9 Å². The van der Waals surface area contributed by atoms with Gasteiger partial charge in [0.2, 0.25) is 0 Å². The van der Waals surface area contributed by atoms with Crippen molar-refractivity contribution in [2.75, 3.05) is 13.1 Å². The number of nitrogens with zero attached hydrogens (tertiary/aromatic N) is 1. The fraction of sp³-hybridized carbons (Fsp3) is 0.615. The van der Waals surface area contributed by atoms with E-state index < -0.39 is 0 Å². The molecule has 5 heteroatoms. The SMILES string of the molecule is O=C(NC1CCN2CCCC2C1)c1ccc(Br)s1. The van der Waals surface area contributed by atoms with E-state index in [9.17, 15) is 4.79 Å². The molecule has 0 radical (unpaired) electrons. The second-order valence-corrected chi connectivity index (χ2v) is 7.59. The van der Waals surface area contributed by atoms with E-state index >= 15 is 0 Å². The van der Waals surface area contributed by atoms with Gasteiger partial charge in [0.25, 0.3) is 5.91 Å². The van der Waals surface area contributed by atoms with Crippen molar-refractivity contribution in [1.82, 2.24) is 10.2 Å². The number of carbonyl (C=O) groups excluding carboxylic acids is 1. The van der Waals surface area contributed by atoms with Gasteiger partial charge in [0.05, 0.1) is 8.66 Å². The van der Waals surface area contributed by atoms with E-state index in [1.54, 1.807) is 0 Å². The van der Waals surface area contributed by atoms with Crippen molar-refractivity contribution in [3.8, 4) is 0 Å². The summed E-state index contributed by atoms with van der Waals surface area (Å²) < 4.78 is 1.01. The number of fused-ring (bicyclic) bond motifs is 1. The summed E-state index contributed by atoms with van der Waals surface area (Å²) in [6.45, 7) is 2.40. The molecule has 0 spiro atoms. The Bertz CT molecular complexity index is 448. The van der Waals surface area contributed by atoms with Crippen molar-refractivity contribution in [3.63, 3.8) is 0 Å². The normalized spacial score (nSPS) is 28.1. The third kappa shape index (κ3) is 2.63. The Morgan fingerprint density at radius 3 is 3.06 bits per heavy atom. The highest BCUT2D eigenvalue weighted by Gasteiger charge is 2.32. The van der Waals surface area contributed by atoms with Gasteiger partial charge in [-0.1, -0.05) is 0 Å². The van der Waals surface area contributed by atoms with Crippen LogP contribution < -0.4 is 5.32 Å². The molecule has 3 rings (SSSR count). The van der Waals surface area contributed by atoms with Gasteiger partial charge < -0.3 is 10.2 Å². The number of piperidine rings is 1. The molecule has 2 fully saturated rings. The van der Waals surface area contributed by atoms with Crippen LogP contribution in [0, 0.1) is 0 Å². The maximum Gasteiger partial charge on any atom is 0.261 e. The lowest BCUT2D eigenvalue weighted by Crippen LogP contribution is -2.47. The predicted molar refractivity (Wildman–Crippen MR) is 77.1 cm³/mol. The Morgan fingerprint density at radius 1 is 1.39 bits per heavy atom. The molecule has 2 unspecified atom stereocenters. The lowest BCUT2D eigenvalue weighted by Gasteiger charge is -2.35. The number of nitrogens with one attached hydrogen (secondary N) is 1. The van der Waals surface area contributed by atoms with Gasteiger partial charge in [-0.2, -0.15) is 0 Å². The molecule has 0 aromatic carbocycles. The number of hydrogen-bond acceptors (Lipinski definition) is 3. The minimum Gasteiger partial charge on any atom is -0.349 e. The molecular formula is C13H17BrN2OS. The Balaban J connectivity index is 1.58. The molecule has 3 nitrogen and oxygen atoms in total. The van der Waals surface area contributed by atoms with Gasteiger partial charge in [-0.05, 0) is 60.3 Å². The highest BCUT2D eigenvalue weighted by Crippen LogP contribution is 2.27. The summed E-state index contributed by atoms with van der Waals surface area (Å²) in [4.78, 5) is 15.5. The topological polar surface area (TPSA) is 32.3 Å². The van der Waals surface area contributed by atoms with Crippen molar-refractivity contribution in [2.24, 2.45) is 0 Å². The maximum atomic E-state index is 12.1. The van der Waals surface area contributed by atoms with Crippen LogP contribution in [-0.2, 0) is 0 Å². The van der Waals surface area contributed by atoms with Crippen LogP contribution in [0.1, 0.15) is 35.4 Å². The van der Waals surface area contributed by atoms with E-state index in [0.717, 1.165) is 28.0 Å². The standard InChI is InChI=1S/C13H17BrN2OS/c14-12-4-3-11(18-12)13(17)15-9-5-7-16-6-1-2-10(16)8-9/h3-4,9-10H,1-2,5-8H2,(H,15,17). The molecule has 18 heavy (non-hydrogen) atoms. The molecule has 2 saturated heterocycles. The molecule has 0 aliphatic carbocycles. The first-order valence-corrected chi connectivity index (χ1v) is 8.13. The van der Waals surface area contributed by atoms with Crippen LogP contribution in [-0.4, -0.2) is 36.0 Å². The zero-order chi connectivity index (χ0) is 12.5. The number of halogens is 1. The third-order valence-electron chi connectivity index (χ3n) is 3.95. The molecule has 2 aliphatic heterocycles. The summed E-state index contributed by atoms with van der Waals surface area (Å²) in [5.74, 6) is 0.0853. The average Bonchev–Trinajstić information content (AvgIpc) is 2.96. The molecule has 1 amide bonds. The van der Waals surface area contributed by atoms with Gasteiger partial charge in [-0.25, -0.2) is 0 Å². The molecule has 0 saturated carbocycles. The fourth-order valence-electron chi connectivity index (χ4n) is 3.05. The van der Waals surface area contributed by atoms with E-state index in [-0.39, 0.29) is 5.91 Å². The maximum absolute atomic E-state index is 12.1. The molecule has 2 atom stereocenters. The third-order valence-corrected chi connectivity index (χ3v) is 5.58. The van der Waals surface area contributed by atoms with Crippen LogP contribution in [0.4, 0.5) is 0 Å². The lowest BCUT2D eigenvalue weighted by atomic mass is 9.97. The Labute approximate surface area is 120 Å². The van der Waals surface area contributed by atoms with E-state index in [1.165, 1.54) is 30.7 Å². The minimum atomic E-state index is 0.0853. The molecule has 1 aromatic heterocycles. The first-order valence-electron chi connectivity index (χ1n) is 6.52. The van der Waals surface area contributed by atoms with Crippen LogP contribution >= 0.6 is 27.3 Å². The summed E-state index contributed by atoms with van der Waals surface area (Å²) in [5.41, 5.74) is 0. The smallest absolute Gasteiger partial charge is 0.261 e. The van der Waals surface area contributed by atoms with E-state index in [0.29, 0.717) is 12.1 Å². The van der Waals surface area contributed by atoms with E-state index in [2.05, 4.69) is 26.1 Å². The molecule has 0 bridgehead atoms. The van der Waals surface area contributed by atoms with E-state index in [4.69, 9.17) is 0 Å². The van der Waals surface area contributed by atoms with Crippen molar-refractivity contribution in [1.29, 1.82) is 0 Å². The van der Waals surface area contributed by atoms with Gasteiger partial charge >= 0.3 is 0 Å². The van der Waals surface area contributed by atoms with Gasteiger partial charge in [-0.15, -0.1) is 11.3 Å². The summed E-state index contributed by atoms with van der Waals surface area (Å²) in [6, 6.07) is 4.88. The molecule has 1 aromatic rings. The Morgan fingerprint density at radius 2 is 2.28 bits per heavy atom. The molecule has 2 aliphatic rings. The first kappa shape index (κ1) is 12.6. The number of amides is 1. The molecular weight excluding hydrogens is 312 g/mol. The fourth-order valence-corrected chi connectivity index (χ4v) is 4.34. The second kappa shape index (κ2) is 5.31. The van der Waals surface area contributed by atoms with Crippen molar-refractivity contribution >= 4 is 33.2 Å². The zero-order valence-corrected chi connectivity index (χ0v) is 12.6. The summed E-state index contributed by atoms with van der Waals surface area (Å²) in [6.07, 6.45) is 4.84. The quantitative estimate of drug-likeness (QED) is 0.905. The van der Waals surface area contributed by atoms with Gasteiger partial charge in [0, 0.05) is 18.6 Å². The van der Waals surface area contributed by atoms with Gasteiger partial charge in [0.1, 0.15) is 0 Å². The summed E-state index contributed by atoms with van der Waals surface area (Å²) in [5, 5.41) is 3.19. The predicted octanol–water partition coefficient (Wildman–Crippen LogP) is 2.87. The summed E-state index contributed by atoms with van der Waals surface area (Å²) >= 11 is 4.89. The second-order valence-electron chi connectivity index (χ2n) is 5.13. The average molecular weight is 329 g/mol. The van der Waals surface area contributed by atoms with Crippen LogP contribution in [0.3, 0.4) is 0 Å². The lowest BCUT2D eigenvalue weighted by molar-refractivity contribution is 0.0900. The monoisotopic (exact) mass is 328 g/mol. The van der Waals surface area contributed by atoms with Gasteiger partial charge in [-0.3, -0.25) is 4.79 Å². The van der Waals surface area contributed by atoms with Crippen LogP contribution in [0.25, 0.3) is 0 Å². The van der Waals surface area contributed by atoms with Crippen LogP contribution in [0.2, 0.25) is 0 Å². The number of thiophene rings is 1. The van der Waals surface area contributed by atoms with Crippen molar-refractivity contribution < 1.29 is 4.79 Å². The molecule has 1 N–H and O–H groups in total. The van der Waals surface area contributed by atoms with Crippen LogP contribution in [0.5, 0.6) is 0 Å². The molecule has 98 valence electrons. The Kier molecular flexibility index (Phi) is 3.73. The van der Waals surface area contributed by atoms with Crippen molar-refractivity contribution in [3.05, 3.63) is 20.8 Å².